The fraction of sp³-hybridized carbons (Fsp3) is 0.727. The van der Waals surface area contributed by atoms with Crippen LogP contribution in [0, 0.1) is 0 Å². The SMILES string of the molecule is c1c[nH]c(N2CCSCC2N2CCNCC2)n1. The molecule has 0 aliphatic carbocycles. The van der Waals surface area contributed by atoms with Crippen LogP contribution in [0.25, 0.3) is 0 Å². The van der Waals surface area contributed by atoms with Gasteiger partial charge in [0.15, 0.2) is 0 Å². The molecule has 1 aromatic heterocycles. The van der Waals surface area contributed by atoms with E-state index in [0.29, 0.717) is 6.17 Å². The number of hydrogen-bond acceptors (Lipinski definition) is 5. The van der Waals surface area contributed by atoms with Crippen molar-refractivity contribution < 1.29 is 0 Å². The largest absolute Gasteiger partial charge is 0.331 e. The van der Waals surface area contributed by atoms with Gasteiger partial charge in [0.1, 0.15) is 0 Å². The number of imidazole rings is 1. The third-order valence-corrected chi connectivity index (χ3v) is 4.44. The van der Waals surface area contributed by atoms with Crippen LogP contribution in [0.15, 0.2) is 12.4 Å². The normalized spacial score (nSPS) is 27.3. The van der Waals surface area contributed by atoms with Gasteiger partial charge in [0, 0.05) is 56.6 Å². The molecule has 1 unspecified atom stereocenters. The minimum atomic E-state index is 0.502. The summed E-state index contributed by atoms with van der Waals surface area (Å²) in [6, 6.07) is 0. The maximum absolute atomic E-state index is 4.40. The summed E-state index contributed by atoms with van der Waals surface area (Å²) in [6.07, 6.45) is 4.25. The van der Waals surface area contributed by atoms with Crippen LogP contribution in [-0.2, 0) is 0 Å². The molecule has 3 heterocycles. The van der Waals surface area contributed by atoms with Gasteiger partial charge in [0.25, 0.3) is 0 Å². The highest BCUT2D eigenvalue weighted by molar-refractivity contribution is 7.99. The molecule has 6 heteroatoms. The zero-order chi connectivity index (χ0) is 11.5. The number of aromatic amines is 1. The lowest BCUT2D eigenvalue weighted by molar-refractivity contribution is 0.180. The minimum absolute atomic E-state index is 0.502. The van der Waals surface area contributed by atoms with Gasteiger partial charge in [-0.05, 0) is 0 Å². The third kappa shape index (κ3) is 2.43. The fourth-order valence-corrected chi connectivity index (χ4v) is 3.63. The molecule has 1 aromatic rings. The predicted octanol–water partition coefficient (Wildman–Crippen LogP) is 0.194. The Labute approximate surface area is 106 Å². The van der Waals surface area contributed by atoms with Crippen molar-refractivity contribution in [2.75, 3.05) is 49.1 Å². The van der Waals surface area contributed by atoms with E-state index in [0.717, 1.165) is 38.7 Å². The van der Waals surface area contributed by atoms with Gasteiger partial charge in [-0.2, -0.15) is 11.8 Å². The molecule has 0 radical (unpaired) electrons. The molecule has 2 aliphatic rings. The molecule has 3 rings (SSSR count). The summed E-state index contributed by atoms with van der Waals surface area (Å²) < 4.78 is 0. The molecule has 0 saturated carbocycles. The summed E-state index contributed by atoms with van der Waals surface area (Å²) in [5.41, 5.74) is 0. The first kappa shape index (κ1) is 11.4. The van der Waals surface area contributed by atoms with Crippen molar-refractivity contribution in [3.63, 3.8) is 0 Å². The Morgan fingerprint density at radius 2 is 2.18 bits per heavy atom. The zero-order valence-electron chi connectivity index (χ0n) is 9.93. The maximum atomic E-state index is 4.40. The van der Waals surface area contributed by atoms with Crippen molar-refractivity contribution in [2.24, 2.45) is 0 Å². The van der Waals surface area contributed by atoms with Crippen molar-refractivity contribution in [1.82, 2.24) is 20.2 Å². The first-order valence-electron chi connectivity index (χ1n) is 6.24. The Morgan fingerprint density at radius 3 is 2.94 bits per heavy atom. The predicted molar refractivity (Wildman–Crippen MR) is 71.5 cm³/mol. The van der Waals surface area contributed by atoms with Crippen LogP contribution in [0.3, 0.4) is 0 Å². The van der Waals surface area contributed by atoms with Crippen LogP contribution in [0.4, 0.5) is 5.95 Å². The molecule has 17 heavy (non-hydrogen) atoms. The number of hydrogen-bond donors (Lipinski definition) is 2. The molecule has 2 saturated heterocycles. The van der Waals surface area contributed by atoms with E-state index in [-0.39, 0.29) is 0 Å². The van der Waals surface area contributed by atoms with E-state index in [4.69, 9.17) is 0 Å². The van der Waals surface area contributed by atoms with Crippen molar-refractivity contribution in [3.05, 3.63) is 12.4 Å². The summed E-state index contributed by atoms with van der Waals surface area (Å²) in [6.45, 7) is 5.58. The molecule has 2 fully saturated rings. The van der Waals surface area contributed by atoms with Crippen molar-refractivity contribution in [1.29, 1.82) is 0 Å². The van der Waals surface area contributed by atoms with Gasteiger partial charge in [0.05, 0.1) is 6.17 Å². The van der Waals surface area contributed by atoms with Gasteiger partial charge in [0.2, 0.25) is 5.95 Å². The van der Waals surface area contributed by atoms with Gasteiger partial charge in [-0.15, -0.1) is 0 Å². The first-order valence-corrected chi connectivity index (χ1v) is 7.39. The number of aromatic nitrogens is 2. The molecule has 0 bridgehead atoms. The van der Waals surface area contributed by atoms with E-state index < -0.39 is 0 Å². The molecule has 1 atom stereocenters. The highest BCUT2D eigenvalue weighted by atomic mass is 32.2. The topological polar surface area (TPSA) is 47.2 Å². The van der Waals surface area contributed by atoms with Crippen LogP contribution in [0.2, 0.25) is 0 Å². The third-order valence-electron chi connectivity index (χ3n) is 3.43. The Morgan fingerprint density at radius 1 is 1.29 bits per heavy atom. The van der Waals surface area contributed by atoms with Crippen LogP contribution in [-0.4, -0.2) is 65.3 Å². The number of thioether (sulfide) groups is 1. The summed E-state index contributed by atoms with van der Waals surface area (Å²) in [4.78, 5) is 12.6. The van der Waals surface area contributed by atoms with Crippen LogP contribution in [0.5, 0.6) is 0 Å². The quantitative estimate of drug-likeness (QED) is 0.788. The molecule has 0 aromatic carbocycles. The van der Waals surface area contributed by atoms with Gasteiger partial charge in [-0.3, -0.25) is 4.90 Å². The van der Waals surface area contributed by atoms with Crippen molar-refractivity contribution in [3.8, 4) is 0 Å². The number of nitrogens with one attached hydrogen (secondary N) is 2. The zero-order valence-corrected chi connectivity index (χ0v) is 10.7. The fourth-order valence-electron chi connectivity index (χ4n) is 2.53. The molecular formula is C11H19N5S. The molecule has 0 spiro atoms. The van der Waals surface area contributed by atoms with Crippen LogP contribution < -0.4 is 10.2 Å². The van der Waals surface area contributed by atoms with E-state index in [1.165, 1.54) is 11.5 Å². The van der Waals surface area contributed by atoms with E-state index in [1.54, 1.807) is 0 Å². The smallest absolute Gasteiger partial charge is 0.204 e. The molecular weight excluding hydrogens is 234 g/mol. The summed E-state index contributed by atoms with van der Waals surface area (Å²) >= 11 is 2.05. The summed E-state index contributed by atoms with van der Waals surface area (Å²) in [5.74, 6) is 3.40. The lowest BCUT2D eigenvalue weighted by atomic mass is 10.3. The van der Waals surface area contributed by atoms with Crippen LogP contribution in [0.1, 0.15) is 0 Å². The molecule has 94 valence electrons. The number of rotatable bonds is 2. The molecule has 2 N–H and O–H groups in total. The van der Waals surface area contributed by atoms with Crippen molar-refractivity contribution >= 4 is 17.7 Å². The van der Waals surface area contributed by atoms with Crippen LogP contribution >= 0.6 is 11.8 Å². The first-order chi connectivity index (χ1) is 8.45. The standard InChI is InChI=1S/C11H19N5S/c1-2-14-11(13-1)16-7-8-17-9-10(16)15-5-3-12-4-6-15/h1-2,10,12H,3-9H2,(H,13,14). The highest BCUT2D eigenvalue weighted by Crippen LogP contribution is 2.23. The highest BCUT2D eigenvalue weighted by Gasteiger charge is 2.30. The van der Waals surface area contributed by atoms with E-state index in [9.17, 15) is 0 Å². The second-order valence-corrected chi connectivity index (χ2v) is 5.60. The number of H-pyrrole nitrogens is 1. The second kappa shape index (κ2) is 5.29. The van der Waals surface area contributed by atoms with Gasteiger partial charge in [-0.1, -0.05) is 0 Å². The Bertz CT molecular complexity index is 336. The van der Waals surface area contributed by atoms with E-state index in [1.807, 2.05) is 12.4 Å². The Balaban J connectivity index is 1.75. The average molecular weight is 253 g/mol. The van der Waals surface area contributed by atoms with Gasteiger partial charge >= 0.3 is 0 Å². The molecule has 5 nitrogen and oxygen atoms in total. The molecule has 0 amide bonds. The number of anilines is 1. The van der Waals surface area contributed by atoms with Gasteiger partial charge in [-0.25, -0.2) is 4.98 Å². The van der Waals surface area contributed by atoms with E-state index >= 15 is 0 Å². The van der Waals surface area contributed by atoms with Gasteiger partial charge < -0.3 is 15.2 Å². The maximum Gasteiger partial charge on any atom is 0.204 e. The van der Waals surface area contributed by atoms with Crippen molar-refractivity contribution in [2.45, 2.75) is 6.17 Å². The minimum Gasteiger partial charge on any atom is -0.331 e. The number of nitrogens with zero attached hydrogens (tertiary/aromatic N) is 3. The monoisotopic (exact) mass is 253 g/mol. The average Bonchev–Trinajstić information content (AvgIpc) is 2.94. The Kier molecular flexibility index (Phi) is 3.54. The summed E-state index contributed by atoms with van der Waals surface area (Å²) in [5, 5.41) is 3.41. The summed E-state index contributed by atoms with van der Waals surface area (Å²) in [7, 11) is 0. The lowest BCUT2D eigenvalue weighted by Crippen LogP contribution is -2.58. The number of piperazine rings is 1. The van der Waals surface area contributed by atoms with E-state index in [2.05, 4.69) is 36.8 Å². The lowest BCUT2D eigenvalue weighted by Gasteiger charge is -2.43. The Hall–Kier alpha value is -0.720. The molecule has 2 aliphatic heterocycles. The second-order valence-electron chi connectivity index (χ2n) is 4.45.